The molecule has 5 heteroatoms. The summed E-state index contributed by atoms with van der Waals surface area (Å²) in [5.74, 6) is -0.450. The predicted molar refractivity (Wildman–Crippen MR) is 97.6 cm³/mol. The van der Waals surface area contributed by atoms with Gasteiger partial charge in [-0.25, -0.2) is 4.90 Å². The monoisotopic (exact) mass is 343 g/mol. The molecule has 0 spiro atoms. The van der Waals surface area contributed by atoms with Gasteiger partial charge < -0.3 is 0 Å². The van der Waals surface area contributed by atoms with Crippen LogP contribution in [0.4, 0.5) is 5.69 Å². The number of amides is 2. The number of benzene rings is 1. The number of rotatable bonds is 4. The zero-order valence-electron chi connectivity index (χ0n) is 13.2. The van der Waals surface area contributed by atoms with Crippen molar-refractivity contribution in [3.05, 3.63) is 57.1 Å². The number of carbonyl (C=O) groups excluding carboxylic acids is 2. The van der Waals surface area contributed by atoms with Crippen LogP contribution in [-0.4, -0.2) is 17.1 Å². The van der Waals surface area contributed by atoms with E-state index in [0.717, 1.165) is 10.4 Å². The van der Waals surface area contributed by atoms with Crippen molar-refractivity contribution in [2.75, 3.05) is 4.90 Å². The number of nitrogens with zero attached hydrogens (tertiary/aromatic N) is 1. The molecule has 0 bridgehead atoms. The molecule has 0 unspecified atom stereocenters. The second kappa shape index (κ2) is 6.34. The van der Waals surface area contributed by atoms with Gasteiger partial charge in [0.2, 0.25) is 0 Å². The van der Waals surface area contributed by atoms with E-state index in [4.69, 9.17) is 0 Å². The number of imide groups is 1. The van der Waals surface area contributed by atoms with Crippen molar-refractivity contribution in [3.8, 4) is 0 Å². The third kappa shape index (κ3) is 2.99. The molecule has 1 aromatic carbocycles. The SMILES string of the molecule is Cc1cccc(N2C(=O)C(SC(C)C)=C(c3cccs3)C2=O)c1. The van der Waals surface area contributed by atoms with Gasteiger partial charge in [0.05, 0.1) is 16.2 Å². The minimum Gasteiger partial charge on any atom is -0.268 e. The summed E-state index contributed by atoms with van der Waals surface area (Å²) in [5, 5.41) is 2.15. The Bertz CT molecular complexity index is 791. The van der Waals surface area contributed by atoms with E-state index in [0.29, 0.717) is 16.2 Å². The molecule has 3 rings (SSSR count). The van der Waals surface area contributed by atoms with E-state index >= 15 is 0 Å². The average Bonchev–Trinajstić information content (AvgIpc) is 3.07. The summed E-state index contributed by atoms with van der Waals surface area (Å²) in [6.07, 6.45) is 0. The highest BCUT2D eigenvalue weighted by Crippen LogP contribution is 2.41. The lowest BCUT2D eigenvalue weighted by molar-refractivity contribution is -0.119. The fourth-order valence-electron chi connectivity index (χ4n) is 2.49. The lowest BCUT2D eigenvalue weighted by Gasteiger charge is -2.15. The van der Waals surface area contributed by atoms with Gasteiger partial charge in [-0.3, -0.25) is 9.59 Å². The Morgan fingerprint density at radius 3 is 2.48 bits per heavy atom. The quantitative estimate of drug-likeness (QED) is 0.768. The van der Waals surface area contributed by atoms with E-state index in [1.165, 1.54) is 28.0 Å². The van der Waals surface area contributed by atoms with E-state index in [2.05, 4.69) is 0 Å². The molecule has 0 atom stereocenters. The van der Waals surface area contributed by atoms with Gasteiger partial charge in [-0.1, -0.05) is 32.0 Å². The summed E-state index contributed by atoms with van der Waals surface area (Å²) < 4.78 is 0. The maximum absolute atomic E-state index is 13.0. The molecule has 2 aromatic rings. The minimum atomic E-state index is -0.230. The molecule has 23 heavy (non-hydrogen) atoms. The van der Waals surface area contributed by atoms with E-state index in [-0.39, 0.29) is 17.1 Å². The number of thioether (sulfide) groups is 1. The topological polar surface area (TPSA) is 37.4 Å². The highest BCUT2D eigenvalue weighted by molar-refractivity contribution is 8.04. The second-order valence-electron chi connectivity index (χ2n) is 5.63. The lowest BCUT2D eigenvalue weighted by Crippen LogP contribution is -2.31. The first-order chi connectivity index (χ1) is 11.0. The molecule has 1 aromatic heterocycles. The summed E-state index contributed by atoms with van der Waals surface area (Å²) in [4.78, 5) is 28.6. The Hall–Kier alpha value is -1.85. The molecule has 1 aliphatic rings. The van der Waals surface area contributed by atoms with Gasteiger partial charge in [-0.15, -0.1) is 23.1 Å². The highest BCUT2D eigenvalue weighted by Gasteiger charge is 2.40. The molecule has 0 aliphatic carbocycles. The van der Waals surface area contributed by atoms with E-state index in [9.17, 15) is 9.59 Å². The van der Waals surface area contributed by atoms with Crippen LogP contribution in [-0.2, 0) is 9.59 Å². The fraction of sp³-hybridized carbons (Fsp3) is 0.222. The molecule has 2 heterocycles. The van der Waals surface area contributed by atoms with Gasteiger partial charge in [0.1, 0.15) is 0 Å². The van der Waals surface area contributed by atoms with Crippen molar-refractivity contribution in [2.24, 2.45) is 0 Å². The maximum Gasteiger partial charge on any atom is 0.272 e. The zero-order chi connectivity index (χ0) is 16.6. The van der Waals surface area contributed by atoms with E-state index in [1.807, 2.05) is 56.5 Å². The smallest absolute Gasteiger partial charge is 0.268 e. The number of hydrogen-bond acceptors (Lipinski definition) is 4. The van der Waals surface area contributed by atoms with Crippen LogP contribution in [0.25, 0.3) is 5.57 Å². The fourth-order valence-corrected chi connectivity index (χ4v) is 4.31. The summed E-state index contributed by atoms with van der Waals surface area (Å²) >= 11 is 2.94. The number of hydrogen-bond donors (Lipinski definition) is 0. The average molecular weight is 343 g/mol. The standard InChI is InChI=1S/C18H17NO2S2/c1-11(2)23-16-15(14-8-5-9-22-14)17(20)19(18(16)21)13-7-4-6-12(3)10-13/h4-11H,1-3H3. The number of carbonyl (C=O) groups is 2. The Kier molecular flexibility index (Phi) is 4.41. The van der Waals surface area contributed by atoms with Gasteiger partial charge in [0.25, 0.3) is 11.8 Å². The predicted octanol–water partition coefficient (Wildman–Crippen LogP) is 4.48. The molecule has 0 saturated carbocycles. The Morgan fingerprint density at radius 1 is 1.09 bits per heavy atom. The van der Waals surface area contributed by atoms with Crippen LogP contribution in [0.1, 0.15) is 24.3 Å². The van der Waals surface area contributed by atoms with Crippen molar-refractivity contribution >= 4 is 46.2 Å². The van der Waals surface area contributed by atoms with Crippen LogP contribution in [0, 0.1) is 6.92 Å². The Labute approximate surface area is 144 Å². The summed E-state index contributed by atoms with van der Waals surface area (Å²) in [7, 11) is 0. The van der Waals surface area contributed by atoms with Crippen molar-refractivity contribution in [3.63, 3.8) is 0 Å². The van der Waals surface area contributed by atoms with E-state index < -0.39 is 0 Å². The van der Waals surface area contributed by atoms with Gasteiger partial charge >= 0.3 is 0 Å². The maximum atomic E-state index is 13.0. The molecule has 2 amide bonds. The zero-order valence-corrected chi connectivity index (χ0v) is 14.8. The first-order valence-corrected chi connectivity index (χ1v) is 9.15. The third-order valence-corrected chi connectivity index (χ3v) is 5.40. The van der Waals surface area contributed by atoms with Crippen molar-refractivity contribution in [1.29, 1.82) is 0 Å². The van der Waals surface area contributed by atoms with Crippen LogP contribution in [0.5, 0.6) is 0 Å². The first kappa shape index (κ1) is 16.0. The van der Waals surface area contributed by atoms with Crippen LogP contribution in [0.3, 0.4) is 0 Å². The normalized spacial score (nSPS) is 15.2. The van der Waals surface area contributed by atoms with Crippen molar-refractivity contribution in [2.45, 2.75) is 26.0 Å². The second-order valence-corrected chi connectivity index (χ2v) is 8.17. The number of aryl methyl sites for hydroxylation is 1. The van der Waals surface area contributed by atoms with Crippen LogP contribution in [0.2, 0.25) is 0 Å². The molecule has 1 aliphatic heterocycles. The van der Waals surface area contributed by atoms with Crippen molar-refractivity contribution < 1.29 is 9.59 Å². The van der Waals surface area contributed by atoms with Gasteiger partial charge in [0, 0.05) is 10.1 Å². The molecule has 0 fully saturated rings. The Morgan fingerprint density at radius 2 is 1.87 bits per heavy atom. The molecule has 3 nitrogen and oxygen atoms in total. The third-order valence-electron chi connectivity index (χ3n) is 3.42. The molecular weight excluding hydrogens is 326 g/mol. The highest BCUT2D eigenvalue weighted by atomic mass is 32.2. The van der Waals surface area contributed by atoms with E-state index in [1.54, 1.807) is 6.07 Å². The molecule has 118 valence electrons. The van der Waals surface area contributed by atoms with Crippen LogP contribution >= 0.6 is 23.1 Å². The van der Waals surface area contributed by atoms with Gasteiger partial charge in [-0.2, -0.15) is 0 Å². The summed E-state index contributed by atoms with van der Waals surface area (Å²) in [5.41, 5.74) is 2.18. The number of thiophene rings is 1. The largest absolute Gasteiger partial charge is 0.272 e. The van der Waals surface area contributed by atoms with Crippen molar-refractivity contribution in [1.82, 2.24) is 0 Å². The minimum absolute atomic E-state index is 0.220. The Balaban J connectivity index is 2.09. The van der Waals surface area contributed by atoms with Crippen LogP contribution in [0.15, 0.2) is 46.7 Å². The molecule has 0 saturated heterocycles. The summed E-state index contributed by atoms with van der Waals surface area (Å²) in [6.45, 7) is 6.00. The first-order valence-electron chi connectivity index (χ1n) is 7.39. The molecule has 0 radical (unpaired) electrons. The number of anilines is 1. The molecular formula is C18H17NO2S2. The van der Waals surface area contributed by atoms with Gasteiger partial charge in [-0.05, 0) is 36.1 Å². The lowest BCUT2D eigenvalue weighted by atomic mass is 10.2. The molecule has 0 N–H and O–H groups in total. The van der Waals surface area contributed by atoms with Gasteiger partial charge in [0.15, 0.2) is 0 Å². The summed E-state index contributed by atoms with van der Waals surface area (Å²) in [6, 6.07) is 11.3. The van der Waals surface area contributed by atoms with Crippen LogP contribution < -0.4 is 4.90 Å².